The summed E-state index contributed by atoms with van der Waals surface area (Å²) in [6.45, 7) is 3.60. The summed E-state index contributed by atoms with van der Waals surface area (Å²) in [5.41, 5.74) is 0.188. The van der Waals surface area contributed by atoms with Gasteiger partial charge in [0.25, 0.3) is 0 Å². The van der Waals surface area contributed by atoms with Crippen LogP contribution in [0.1, 0.15) is 39.0 Å². The Balaban J connectivity index is 0.00000225. The van der Waals surface area contributed by atoms with Crippen LogP contribution in [0.15, 0.2) is 24.3 Å². The Hall–Kier alpha value is -0.120. The first kappa shape index (κ1) is 15.9. The summed E-state index contributed by atoms with van der Waals surface area (Å²) in [7, 11) is 0. The van der Waals surface area contributed by atoms with E-state index in [2.05, 4.69) is 36.5 Å². The van der Waals surface area contributed by atoms with Crippen molar-refractivity contribution in [1.82, 2.24) is 5.32 Å². The van der Waals surface area contributed by atoms with Crippen LogP contribution in [0, 0.1) is 0 Å². The maximum absolute atomic E-state index is 8.67. The third-order valence-electron chi connectivity index (χ3n) is 3.09. The summed E-state index contributed by atoms with van der Waals surface area (Å²) in [5, 5.41) is 12.3. The first-order valence-electron chi connectivity index (χ1n) is 6.03. The molecule has 1 aliphatic rings. The number of aliphatic hydroxyl groups excluding tert-OH is 1. The number of hydrogen-bond donors (Lipinski definition) is 2. The van der Waals surface area contributed by atoms with Gasteiger partial charge in [0.15, 0.2) is 0 Å². The third kappa shape index (κ3) is 5.28. The molecule has 0 saturated heterocycles. The third-order valence-corrected chi connectivity index (χ3v) is 3.09. The Bertz CT molecular complexity index is 228. The normalized spacial score (nSPS) is 23.1. The number of unbranched alkanes of at least 4 members (excludes halogenated alkanes) is 2. The summed E-state index contributed by atoms with van der Waals surface area (Å²) in [5.74, 6) is 0. The van der Waals surface area contributed by atoms with Crippen LogP contribution in [0.2, 0.25) is 0 Å². The molecule has 1 unspecified atom stereocenters. The molecule has 0 fully saturated rings. The second kappa shape index (κ2) is 8.97. The highest BCUT2D eigenvalue weighted by Crippen LogP contribution is 2.21. The quantitative estimate of drug-likeness (QED) is 0.707. The van der Waals surface area contributed by atoms with Gasteiger partial charge in [-0.25, -0.2) is 0 Å². The van der Waals surface area contributed by atoms with Crippen LogP contribution in [0.5, 0.6) is 0 Å². The molecular formula is C13H24BrNO. The van der Waals surface area contributed by atoms with Gasteiger partial charge in [0.2, 0.25) is 0 Å². The smallest absolute Gasteiger partial charge is 0.0431 e. The standard InChI is InChI=1S/C13H23NO.BrH/c1-2-13(9-5-3-6-10-13)14-11-7-4-8-12-15;/h3,5-6,9,14-15H,2,4,7-8,10-12H2,1H3;1H. The molecule has 0 aromatic rings. The second-order valence-electron chi connectivity index (χ2n) is 4.21. The zero-order chi connectivity index (χ0) is 11.0. The average Bonchev–Trinajstić information content (AvgIpc) is 2.30. The van der Waals surface area contributed by atoms with Crippen molar-refractivity contribution in [3.63, 3.8) is 0 Å². The predicted molar refractivity (Wildman–Crippen MR) is 75.2 cm³/mol. The molecule has 0 saturated carbocycles. The van der Waals surface area contributed by atoms with Crippen LogP contribution >= 0.6 is 17.0 Å². The fraction of sp³-hybridized carbons (Fsp3) is 0.692. The Kier molecular flexibility index (Phi) is 8.90. The van der Waals surface area contributed by atoms with Crippen LogP contribution < -0.4 is 5.32 Å². The zero-order valence-corrected chi connectivity index (χ0v) is 11.8. The van der Waals surface area contributed by atoms with Crippen molar-refractivity contribution in [2.24, 2.45) is 0 Å². The highest BCUT2D eigenvalue weighted by Gasteiger charge is 2.23. The van der Waals surface area contributed by atoms with E-state index < -0.39 is 0 Å². The lowest BCUT2D eigenvalue weighted by Gasteiger charge is -2.31. The molecule has 2 nitrogen and oxygen atoms in total. The van der Waals surface area contributed by atoms with Gasteiger partial charge in [0, 0.05) is 12.1 Å². The molecule has 0 aliphatic heterocycles. The van der Waals surface area contributed by atoms with E-state index in [1.165, 1.54) is 0 Å². The number of allylic oxidation sites excluding steroid dienone is 2. The lowest BCUT2D eigenvalue weighted by Crippen LogP contribution is -2.43. The first-order valence-corrected chi connectivity index (χ1v) is 6.03. The van der Waals surface area contributed by atoms with E-state index in [4.69, 9.17) is 5.11 Å². The van der Waals surface area contributed by atoms with E-state index in [0.29, 0.717) is 6.61 Å². The van der Waals surface area contributed by atoms with E-state index in [9.17, 15) is 0 Å². The van der Waals surface area contributed by atoms with E-state index in [1.54, 1.807) is 0 Å². The van der Waals surface area contributed by atoms with Crippen molar-refractivity contribution in [3.8, 4) is 0 Å². The molecule has 0 radical (unpaired) electrons. The minimum Gasteiger partial charge on any atom is -0.396 e. The van der Waals surface area contributed by atoms with Gasteiger partial charge >= 0.3 is 0 Å². The van der Waals surface area contributed by atoms with Crippen LogP contribution in [0.25, 0.3) is 0 Å². The van der Waals surface area contributed by atoms with Gasteiger partial charge in [-0.2, -0.15) is 0 Å². The van der Waals surface area contributed by atoms with E-state index in [-0.39, 0.29) is 22.5 Å². The topological polar surface area (TPSA) is 32.3 Å². The number of nitrogens with one attached hydrogen (secondary N) is 1. The Morgan fingerprint density at radius 2 is 2.06 bits per heavy atom. The molecular weight excluding hydrogens is 266 g/mol. The van der Waals surface area contributed by atoms with Crippen LogP contribution in [-0.2, 0) is 0 Å². The predicted octanol–water partition coefficient (Wildman–Crippen LogP) is 2.98. The maximum atomic E-state index is 8.67. The van der Waals surface area contributed by atoms with E-state index in [0.717, 1.165) is 38.6 Å². The average molecular weight is 290 g/mol. The summed E-state index contributed by atoms with van der Waals surface area (Å²) in [4.78, 5) is 0. The summed E-state index contributed by atoms with van der Waals surface area (Å²) in [6.07, 6.45) is 14.2. The molecule has 1 aliphatic carbocycles. The highest BCUT2D eigenvalue weighted by atomic mass is 79.9. The minimum atomic E-state index is 0. The molecule has 0 bridgehead atoms. The van der Waals surface area contributed by atoms with Gasteiger partial charge in [-0.05, 0) is 38.6 Å². The molecule has 0 heterocycles. The fourth-order valence-electron chi connectivity index (χ4n) is 1.93. The number of halogens is 1. The lowest BCUT2D eigenvalue weighted by atomic mass is 9.88. The number of hydrogen-bond acceptors (Lipinski definition) is 2. The Morgan fingerprint density at radius 1 is 1.25 bits per heavy atom. The van der Waals surface area contributed by atoms with Gasteiger partial charge in [-0.15, -0.1) is 17.0 Å². The molecule has 1 atom stereocenters. The van der Waals surface area contributed by atoms with Crippen molar-refractivity contribution in [1.29, 1.82) is 0 Å². The zero-order valence-electron chi connectivity index (χ0n) is 10.1. The van der Waals surface area contributed by atoms with Crippen molar-refractivity contribution < 1.29 is 5.11 Å². The molecule has 0 amide bonds. The SMILES string of the molecule is Br.CCC1(NCCCCCO)C=CC=CC1. The van der Waals surface area contributed by atoms with Crippen LogP contribution in [-0.4, -0.2) is 23.8 Å². The molecule has 16 heavy (non-hydrogen) atoms. The Morgan fingerprint density at radius 3 is 2.62 bits per heavy atom. The molecule has 3 heteroatoms. The number of aliphatic hydroxyl groups is 1. The van der Waals surface area contributed by atoms with Gasteiger partial charge < -0.3 is 10.4 Å². The molecule has 2 N–H and O–H groups in total. The number of rotatable bonds is 7. The van der Waals surface area contributed by atoms with Crippen molar-refractivity contribution in [3.05, 3.63) is 24.3 Å². The molecule has 0 aromatic heterocycles. The van der Waals surface area contributed by atoms with Gasteiger partial charge in [-0.1, -0.05) is 31.2 Å². The Labute approximate surface area is 110 Å². The first-order chi connectivity index (χ1) is 7.33. The monoisotopic (exact) mass is 289 g/mol. The van der Waals surface area contributed by atoms with Gasteiger partial charge in [-0.3, -0.25) is 0 Å². The summed E-state index contributed by atoms with van der Waals surface area (Å²) in [6, 6.07) is 0. The van der Waals surface area contributed by atoms with Crippen LogP contribution in [0.4, 0.5) is 0 Å². The maximum Gasteiger partial charge on any atom is 0.0431 e. The minimum absolute atomic E-state index is 0. The largest absolute Gasteiger partial charge is 0.396 e. The highest BCUT2D eigenvalue weighted by molar-refractivity contribution is 8.93. The van der Waals surface area contributed by atoms with Gasteiger partial charge in [0.05, 0.1) is 0 Å². The second-order valence-corrected chi connectivity index (χ2v) is 4.21. The van der Waals surface area contributed by atoms with Gasteiger partial charge in [0.1, 0.15) is 0 Å². The summed E-state index contributed by atoms with van der Waals surface area (Å²) >= 11 is 0. The van der Waals surface area contributed by atoms with Crippen molar-refractivity contribution in [2.75, 3.05) is 13.2 Å². The van der Waals surface area contributed by atoms with E-state index in [1.807, 2.05) is 0 Å². The molecule has 0 spiro atoms. The van der Waals surface area contributed by atoms with E-state index >= 15 is 0 Å². The van der Waals surface area contributed by atoms with Crippen molar-refractivity contribution >= 4 is 17.0 Å². The fourth-order valence-corrected chi connectivity index (χ4v) is 1.93. The van der Waals surface area contributed by atoms with Crippen molar-refractivity contribution in [2.45, 2.75) is 44.6 Å². The molecule has 94 valence electrons. The summed E-state index contributed by atoms with van der Waals surface area (Å²) < 4.78 is 0. The lowest BCUT2D eigenvalue weighted by molar-refractivity contribution is 0.281. The molecule has 0 aromatic carbocycles. The molecule has 1 rings (SSSR count). The van der Waals surface area contributed by atoms with Crippen LogP contribution in [0.3, 0.4) is 0 Å².